The normalized spacial score (nSPS) is 12.1. The van der Waals surface area contributed by atoms with Gasteiger partial charge >= 0.3 is 0 Å². The van der Waals surface area contributed by atoms with Crippen molar-refractivity contribution in [1.29, 1.82) is 0 Å². The fourth-order valence-electron chi connectivity index (χ4n) is 3.48. The molecule has 0 amide bonds. The molecule has 0 radical (unpaired) electrons. The van der Waals surface area contributed by atoms with Crippen LogP contribution in [0.1, 0.15) is 24.1 Å². The number of aryl methyl sites for hydroxylation is 1. The van der Waals surface area contributed by atoms with E-state index >= 15 is 0 Å². The lowest BCUT2D eigenvalue weighted by molar-refractivity contribution is -0.927. The van der Waals surface area contributed by atoms with Gasteiger partial charge in [-0.25, -0.2) is 4.39 Å². The van der Waals surface area contributed by atoms with Gasteiger partial charge in [0, 0.05) is 11.1 Å². The highest BCUT2D eigenvalue weighted by Crippen LogP contribution is 2.33. The lowest BCUT2D eigenvalue weighted by Gasteiger charge is -2.16. The number of halogens is 1. The van der Waals surface area contributed by atoms with E-state index in [-0.39, 0.29) is 11.6 Å². The van der Waals surface area contributed by atoms with Crippen LogP contribution < -0.4 is 9.64 Å². The van der Waals surface area contributed by atoms with Crippen LogP contribution in [0.3, 0.4) is 0 Å². The first-order chi connectivity index (χ1) is 15.1. The number of ether oxygens (including phenoxy) is 1. The minimum absolute atomic E-state index is 0.238. The smallest absolute Gasteiger partial charge is 0.271 e. The summed E-state index contributed by atoms with van der Waals surface area (Å²) in [5.41, 5.74) is 3.15. The Morgan fingerprint density at radius 1 is 1.06 bits per heavy atom. The van der Waals surface area contributed by atoms with Crippen molar-refractivity contribution < 1.29 is 23.0 Å². The summed E-state index contributed by atoms with van der Waals surface area (Å²) >= 11 is 0. The van der Waals surface area contributed by atoms with E-state index in [1.165, 1.54) is 13.2 Å². The Hall–Kier alpha value is -3.52. The van der Waals surface area contributed by atoms with Gasteiger partial charge in [0.1, 0.15) is 23.6 Å². The van der Waals surface area contributed by atoms with E-state index in [1.807, 2.05) is 43.3 Å². The Bertz CT molecular complexity index is 1160. The summed E-state index contributed by atoms with van der Waals surface area (Å²) < 4.78 is 30.4. The highest BCUT2D eigenvalue weighted by atomic mass is 19.1. The van der Waals surface area contributed by atoms with Crippen molar-refractivity contribution in [2.24, 2.45) is 0 Å². The van der Waals surface area contributed by atoms with Gasteiger partial charge in [0.15, 0.2) is 18.1 Å². The van der Waals surface area contributed by atoms with Crippen LogP contribution in [0.5, 0.6) is 5.75 Å². The van der Waals surface area contributed by atoms with Crippen molar-refractivity contribution >= 4 is 0 Å². The molecule has 160 valence electrons. The second kappa shape index (κ2) is 9.09. The third kappa shape index (κ3) is 4.49. The molecule has 0 spiro atoms. The lowest BCUT2D eigenvalue weighted by atomic mass is 10.1. The summed E-state index contributed by atoms with van der Waals surface area (Å²) in [4.78, 5) is 1.16. The summed E-state index contributed by atoms with van der Waals surface area (Å²) in [6, 6.07) is 14.7. The van der Waals surface area contributed by atoms with Gasteiger partial charge in [0.05, 0.1) is 13.7 Å². The van der Waals surface area contributed by atoms with Crippen molar-refractivity contribution in [3.63, 3.8) is 0 Å². The molecule has 0 saturated carbocycles. The van der Waals surface area contributed by atoms with Gasteiger partial charge < -0.3 is 18.6 Å². The zero-order chi connectivity index (χ0) is 21.8. The molecule has 1 N–H and O–H groups in total. The summed E-state index contributed by atoms with van der Waals surface area (Å²) in [6.07, 6.45) is 0. The molecule has 4 rings (SSSR count). The van der Waals surface area contributed by atoms with Crippen molar-refractivity contribution in [2.45, 2.75) is 26.9 Å². The molecule has 4 aromatic rings. The number of methoxy groups -OCH3 is 1. The molecular weight excluding hydrogens is 399 g/mol. The van der Waals surface area contributed by atoms with E-state index in [0.29, 0.717) is 41.9 Å². The first-order valence-electron chi connectivity index (χ1n) is 10.1. The van der Waals surface area contributed by atoms with E-state index in [1.54, 1.807) is 6.07 Å². The van der Waals surface area contributed by atoms with Gasteiger partial charge in [-0.3, -0.25) is 0 Å². The largest absolute Gasteiger partial charge is 0.494 e. The third-order valence-electron chi connectivity index (χ3n) is 5.16. The van der Waals surface area contributed by atoms with Gasteiger partial charge in [0.2, 0.25) is 0 Å². The molecule has 0 aliphatic heterocycles. The molecule has 0 aliphatic carbocycles. The monoisotopic (exact) mass is 423 g/mol. The maximum absolute atomic E-state index is 14.0. The average Bonchev–Trinajstić information content (AvgIpc) is 3.40. The molecule has 8 heteroatoms. The van der Waals surface area contributed by atoms with E-state index in [0.717, 1.165) is 22.6 Å². The summed E-state index contributed by atoms with van der Waals surface area (Å²) in [5.74, 6) is 1.36. The first-order valence-corrected chi connectivity index (χ1v) is 10.1. The first kappa shape index (κ1) is 20.7. The number of hydrogen-bond acceptors (Lipinski definition) is 6. The summed E-state index contributed by atoms with van der Waals surface area (Å²) in [7, 11) is 1.45. The van der Waals surface area contributed by atoms with Gasteiger partial charge in [-0.15, -0.1) is 10.2 Å². The maximum Gasteiger partial charge on any atom is 0.271 e. The number of aromatic nitrogens is 3. The number of rotatable bonds is 8. The van der Waals surface area contributed by atoms with Crippen molar-refractivity contribution in [1.82, 2.24) is 15.4 Å². The number of nitrogens with zero attached hydrogens (tertiary/aromatic N) is 3. The van der Waals surface area contributed by atoms with Crippen molar-refractivity contribution in [2.75, 3.05) is 13.7 Å². The van der Waals surface area contributed by atoms with Gasteiger partial charge in [0.25, 0.3) is 11.8 Å². The van der Waals surface area contributed by atoms with Crippen LogP contribution in [0.15, 0.2) is 57.5 Å². The highest BCUT2D eigenvalue weighted by Gasteiger charge is 2.23. The van der Waals surface area contributed by atoms with E-state index in [4.69, 9.17) is 13.7 Å². The highest BCUT2D eigenvalue weighted by molar-refractivity contribution is 5.77. The quantitative estimate of drug-likeness (QED) is 0.468. The molecule has 2 aromatic heterocycles. The summed E-state index contributed by atoms with van der Waals surface area (Å²) in [5, 5.41) is 12.6. The van der Waals surface area contributed by atoms with Crippen LogP contribution in [0.4, 0.5) is 4.39 Å². The van der Waals surface area contributed by atoms with Crippen LogP contribution in [0.25, 0.3) is 22.7 Å². The predicted octanol–water partition coefficient (Wildman–Crippen LogP) is 3.45. The number of benzene rings is 2. The minimum atomic E-state index is -0.369. The molecular formula is C23H24FN4O3+. The Balaban J connectivity index is 1.53. The molecule has 0 aliphatic rings. The molecule has 0 saturated heterocycles. The fraction of sp³-hybridized carbons (Fsp3) is 0.261. The van der Waals surface area contributed by atoms with Crippen LogP contribution in [-0.2, 0) is 13.1 Å². The van der Waals surface area contributed by atoms with Crippen LogP contribution in [0, 0.1) is 12.7 Å². The Kier molecular flexibility index (Phi) is 6.08. The van der Waals surface area contributed by atoms with Gasteiger partial charge in [-0.2, -0.15) is 0 Å². The van der Waals surface area contributed by atoms with E-state index in [9.17, 15) is 4.39 Å². The number of nitrogens with one attached hydrogen (secondary N) is 1. The average molecular weight is 423 g/mol. The second-order valence-corrected chi connectivity index (χ2v) is 7.26. The van der Waals surface area contributed by atoms with Crippen LogP contribution in [-0.4, -0.2) is 29.0 Å². The van der Waals surface area contributed by atoms with Crippen LogP contribution in [0.2, 0.25) is 0 Å². The molecule has 0 fully saturated rings. The molecule has 2 heterocycles. The third-order valence-corrected chi connectivity index (χ3v) is 5.16. The predicted molar refractivity (Wildman–Crippen MR) is 112 cm³/mol. The van der Waals surface area contributed by atoms with Crippen molar-refractivity contribution in [3.05, 3.63) is 71.6 Å². The maximum atomic E-state index is 14.0. The van der Waals surface area contributed by atoms with Gasteiger partial charge in [-0.1, -0.05) is 35.5 Å². The molecule has 0 bridgehead atoms. The molecule has 31 heavy (non-hydrogen) atoms. The van der Waals surface area contributed by atoms with Crippen LogP contribution >= 0.6 is 0 Å². The Morgan fingerprint density at radius 3 is 2.58 bits per heavy atom. The molecule has 1 atom stereocenters. The standard InChI is InChI=1S/C23H23FN4O3/c1-4-28(13-16-10-11-19(29-3)18(24)12-16)14-20-25-26-23(30-20)21-15(2)31-27-22(21)17-8-6-5-7-9-17/h5-12H,4,13-14H2,1-3H3/p+1. The summed E-state index contributed by atoms with van der Waals surface area (Å²) in [6.45, 7) is 5.83. The van der Waals surface area contributed by atoms with Crippen molar-refractivity contribution in [3.8, 4) is 28.5 Å². The zero-order valence-electron chi connectivity index (χ0n) is 17.7. The van der Waals surface area contributed by atoms with E-state index < -0.39 is 0 Å². The Labute approximate surface area is 179 Å². The molecule has 1 unspecified atom stereocenters. The molecule has 7 nitrogen and oxygen atoms in total. The number of quaternary nitrogens is 1. The SMILES string of the molecule is CC[NH+](Cc1ccc(OC)c(F)c1)Cc1nnc(-c2c(-c3ccccc3)noc2C)o1. The Morgan fingerprint density at radius 2 is 1.87 bits per heavy atom. The molecule has 2 aromatic carbocycles. The fourth-order valence-corrected chi connectivity index (χ4v) is 3.48. The van der Waals surface area contributed by atoms with E-state index in [2.05, 4.69) is 22.3 Å². The lowest BCUT2D eigenvalue weighted by Crippen LogP contribution is -3.09. The minimum Gasteiger partial charge on any atom is -0.494 e. The topological polar surface area (TPSA) is 78.6 Å². The number of hydrogen-bond donors (Lipinski definition) is 1. The van der Waals surface area contributed by atoms with Gasteiger partial charge in [-0.05, 0) is 32.0 Å². The zero-order valence-corrected chi connectivity index (χ0v) is 17.7. The second-order valence-electron chi connectivity index (χ2n) is 7.26.